The van der Waals surface area contributed by atoms with Crippen molar-refractivity contribution >= 4 is 22.7 Å². The number of fused-ring (bicyclic) bond motifs is 1. The maximum absolute atomic E-state index is 14.1. The van der Waals surface area contributed by atoms with Crippen molar-refractivity contribution in [2.75, 3.05) is 66.5 Å². The van der Waals surface area contributed by atoms with E-state index in [1.54, 1.807) is 0 Å². The zero-order chi connectivity index (χ0) is 25.3. The first-order valence-corrected chi connectivity index (χ1v) is 13.6. The molecular formula is C28H42N6O2. The molecule has 1 atom stereocenters. The fourth-order valence-electron chi connectivity index (χ4n) is 6.39. The van der Waals surface area contributed by atoms with Crippen molar-refractivity contribution in [1.29, 1.82) is 0 Å². The number of likely N-dealkylation sites (tertiary alicyclic amines) is 2. The van der Waals surface area contributed by atoms with Crippen molar-refractivity contribution in [3.63, 3.8) is 0 Å². The average Bonchev–Trinajstić information content (AvgIpc) is 3.37. The first kappa shape index (κ1) is 25.2. The fourth-order valence-corrected chi connectivity index (χ4v) is 6.39. The molecule has 2 N–H and O–H groups in total. The predicted octanol–water partition coefficient (Wildman–Crippen LogP) is 2.24. The van der Waals surface area contributed by atoms with Gasteiger partial charge < -0.3 is 25.0 Å². The first-order valence-electron chi connectivity index (χ1n) is 13.6. The first-order chi connectivity index (χ1) is 17.3. The third kappa shape index (κ3) is 5.17. The molecule has 0 bridgehead atoms. The quantitative estimate of drug-likeness (QED) is 0.667. The monoisotopic (exact) mass is 494 g/mol. The number of nitrogens with one attached hydrogen (secondary N) is 2. The second-order valence-corrected chi connectivity index (χ2v) is 11.4. The van der Waals surface area contributed by atoms with Crippen molar-refractivity contribution in [1.82, 2.24) is 29.9 Å². The number of H-pyrrole nitrogens is 1. The van der Waals surface area contributed by atoms with Gasteiger partial charge in [-0.15, -0.1) is 0 Å². The van der Waals surface area contributed by atoms with Gasteiger partial charge in [0.2, 0.25) is 5.91 Å². The molecule has 2 aromatic rings. The van der Waals surface area contributed by atoms with Crippen molar-refractivity contribution < 1.29 is 9.59 Å². The lowest BCUT2D eigenvalue weighted by Crippen LogP contribution is -2.65. The van der Waals surface area contributed by atoms with E-state index in [4.69, 9.17) is 0 Å². The Kier molecular flexibility index (Phi) is 7.37. The summed E-state index contributed by atoms with van der Waals surface area (Å²) in [5.41, 5.74) is 0.600. The maximum atomic E-state index is 14.1. The fraction of sp³-hybridized carbons (Fsp3) is 0.643. The van der Waals surface area contributed by atoms with Crippen molar-refractivity contribution in [3.05, 3.63) is 36.0 Å². The van der Waals surface area contributed by atoms with E-state index in [0.717, 1.165) is 76.1 Å². The van der Waals surface area contributed by atoms with Crippen LogP contribution in [0.25, 0.3) is 10.9 Å². The van der Waals surface area contributed by atoms with Gasteiger partial charge in [0.05, 0.1) is 0 Å². The third-order valence-electron chi connectivity index (χ3n) is 8.98. The van der Waals surface area contributed by atoms with Crippen LogP contribution in [0.5, 0.6) is 0 Å². The molecule has 8 nitrogen and oxygen atoms in total. The molecule has 4 heterocycles. The molecule has 1 aromatic heterocycles. The Labute approximate surface area is 215 Å². The van der Waals surface area contributed by atoms with Crippen LogP contribution < -0.4 is 5.32 Å². The van der Waals surface area contributed by atoms with E-state index >= 15 is 0 Å². The second kappa shape index (κ2) is 10.5. The summed E-state index contributed by atoms with van der Waals surface area (Å²) in [7, 11) is 4.32. The summed E-state index contributed by atoms with van der Waals surface area (Å²) >= 11 is 0. The minimum absolute atomic E-state index is 0.0781. The molecule has 0 radical (unpaired) electrons. The zero-order valence-corrected chi connectivity index (χ0v) is 22.1. The average molecular weight is 495 g/mol. The number of piperidine rings is 2. The molecule has 1 aromatic carbocycles. The smallest absolute Gasteiger partial charge is 0.252 e. The lowest BCUT2D eigenvalue weighted by atomic mass is 9.77. The van der Waals surface area contributed by atoms with Crippen molar-refractivity contribution in [3.8, 4) is 0 Å². The summed E-state index contributed by atoms with van der Waals surface area (Å²) < 4.78 is 0. The summed E-state index contributed by atoms with van der Waals surface area (Å²) in [6.45, 7) is 9.47. The Morgan fingerprint density at radius 1 is 0.889 bits per heavy atom. The molecule has 0 spiro atoms. The molecule has 36 heavy (non-hydrogen) atoms. The van der Waals surface area contributed by atoms with Crippen LogP contribution in [0.1, 0.15) is 43.0 Å². The van der Waals surface area contributed by atoms with E-state index in [2.05, 4.69) is 39.1 Å². The number of nitrogens with zero attached hydrogens (tertiary/aromatic N) is 4. The van der Waals surface area contributed by atoms with Crippen LogP contribution in [0.2, 0.25) is 0 Å². The van der Waals surface area contributed by atoms with E-state index in [1.807, 2.05) is 42.3 Å². The molecule has 5 rings (SSSR count). The number of rotatable bonds is 5. The highest BCUT2D eigenvalue weighted by Gasteiger charge is 2.46. The molecule has 196 valence electrons. The molecular weight excluding hydrogens is 452 g/mol. The van der Waals surface area contributed by atoms with Gasteiger partial charge >= 0.3 is 0 Å². The van der Waals surface area contributed by atoms with Crippen LogP contribution in [0.3, 0.4) is 0 Å². The Morgan fingerprint density at radius 2 is 1.53 bits per heavy atom. The van der Waals surface area contributed by atoms with E-state index < -0.39 is 5.54 Å². The van der Waals surface area contributed by atoms with E-state index in [9.17, 15) is 9.59 Å². The summed E-state index contributed by atoms with van der Waals surface area (Å²) in [4.78, 5) is 40.1. The Balaban J connectivity index is 1.30. The van der Waals surface area contributed by atoms with Gasteiger partial charge in [-0.1, -0.05) is 6.07 Å². The highest BCUT2D eigenvalue weighted by molar-refractivity contribution is 6.01. The standard InChI is InChI=1S/C28H42N6O2/c1-28(23-7-12-31(2)13-8-23,30-26(35)22-5-4-21-6-11-29-25(21)20-22)27(36)34-18-16-33(17-19-34)24-9-14-32(3)15-10-24/h4-6,11,20,23-24,29H,7-10,12-19H2,1-3H3,(H,30,35)/t28-/m1/s1. The van der Waals surface area contributed by atoms with Gasteiger partial charge in [0.25, 0.3) is 5.91 Å². The minimum atomic E-state index is -0.918. The third-order valence-corrected chi connectivity index (χ3v) is 8.98. The highest BCUT2D eigenvalue weighted by atomic mass is 16.2. The summed E-state index contributed by atoms with van der Waals surface area (Å²) in [6, 6.07) is 8.31. The molecule has 8 heteroatoms. The maximum Gasteiger partial charge on any atom is 0.252 e. The SMILES string of the molecule is CN1CCC(N2CCN(C(=O)[C@](C)(NC(=O)c3ccc4cc[nH]c4c3)C3CCN(C)CC3)CC2)CC1. The van der Waals surface area contributed by atoms with Gasteiger partial charge in [-0.25, -0.2) is 0 Å². The molecule has 0 saturated carbocycles. The van der Waals surface area contributed by atoms with E-state index in [-0.39, 0.29) is 17.7 Å². The van der Waals surface area contributed by atoms with Gasteiger partial charge in [-0.2, -0.15) is 0 Å². The molecule has 0 unspecified atom stereocenters. The number of carbonyl (C=O) groups is 2. The summed E-state index contributed by atoms with van der Waals surface area (Å²) in [6.07, 6.45) is 6.11. The molecule has 3 aliphatic heterocycles. The number of carbonyl (C=O) groups excluding carboxylic acids is 2. The Bertz CT molecular complexity index is 1060. The van der Waals surface area contributed by atoms with Crippen LogP contribution in [0.15, 0.2) is 30.5 Å². The number of hydrogen-bond donors (Lipinski definition) is 2. The van der Waals surface area contributed by atoms with Crippen LogP contribution in [0.4, 0.5) is 0 Å². The Morgan fingerprint density at radius 3 is 2.19 bits per heavy atom. The molecule has 3 saturated heterocycles. The van der Waals surface area contributed by atoms with Crippen LogP contribution >= 0.6 is 0 Å². The highest BCUT2D eigenvalue weighted by Crippen LogP contribution is 2.31. The number of piperazine rings is 1. The minimum Gasteiger partial charge on any atom is -0.361 e. The molecule has 3 aliphatic rings. The van der Waals surface area contributed by atoms with Gasteiger partial charge in [0.15, 0.2) is 0 Å². The number of aromatic nitrogens is 1. The van der Waals surface area contributed by atoms with Crippen molar-refractivity contribution in [2.45, 2.75) is 44.2 Å². The number of hydrogen-bond acceptors (Lipinski definition) is 5. The van der Waals surface area contributed by atoms with Crippen LogP contribution in [-0.4, -0.2) is 114 Å². The topological polar surface area (TPSA) is 74.9 Å². The van der Waals surface area contributed by atoms with Gasteiger partial charge in [0.1, 0.15) is 5.54 Å². The largest absolute Gasteiger partial charge is 0.361 e. The molecule has 0 aliphatic carbocycles. The second-order valence-electron chi connectivity index (χ2n) is 11.4. The van der Waals surface area contributed by atoms with E-state index in [0.29, 0.717) is 11.6 Å². The van der Waals surface area contributed by atoms with Gasteiger partial charge in [0, 0.05) is 49.5 Å². The lowest BCUT2D eigenvalue weighted by Gasteiger charge is -2.47. The summed E-state index contributed by atoms with van der Waals surface area (Å²) in [5, 5.41) is 4.32. The van der Waals surface area contributed by atoms with Crippen molar-refractivity contribution in [2.24, 2.45) is 5.92 Å². The number of aromatic amines is 1. The predicted molar refractivity (Wildman–Crippen MR) is 143 cm³/mol. The number of amides is 2. The molecule has 3 fully saturated rings. The van der Waals surface area contributed by atoms with Gasteiger partial charge in [-0.3, -0.25) is 14.5 Å². The van der Waals surface area contributed by atoms with Crippen LogP contribution in [0, 0.1) is 5.92 Å². The number of benzene rings is 1. The zero-order valence-electron chi connectivity index (χ0n) is 22.1. The van der Waals surface area contributed by atoms with Gasteiger partial charge in [-0.05, 0) is 102 Å². The summed E-state index contributed by atoms with van der Waals surface area (Å²) in [5.74, 6) is 0.0203. The van der Waals surface area contributed by atoms with E-state index in [1.165, 1.54) is 12.8 Å². The molecule has 2 amide bonds. The lowest BCUT2D eigenvalue weighted by molar-refractivity contribution is -0.142. The van der Waals surface area contributed by atoms with Crippen LogP contribution in [-0.2, 0) is 4.79 Å². The Hall–Kier alpha value is -2.42. The normalized spacial score (nSPS) is 23.6.